The lowest BCUT2D eigenvalue weighted by atomic mass is 10.1. The molecule has 2 heterocycles. The topological polar surface area (TPSA) is 123 Å². The first kappa shape index (κ1) is 12.5. The van der Waals surface area contributed by atoms with Gasteiger partial charge in [0.1, 0.15) is 0 Å². The maximum atomic E-state index is 11.8. The average molecular weight is 263 g/mol. The number of aromatic nitrogens is 3. The van der Waals surface area contributed by atoms with Crippen molar-refractivity contribution in [3.63, 3.8) is 0 Å². The fourth-order valence-corrected chi connectivity index (χ4v) is 1.43. The number of hydrogen-bond acceptors (Lipinski definition) is 6. The van der Waals surface area contributed by atoms with Crippen LogP contribution in [0.2, 0.25) is 0 Å². The Morgan fingerprint density at radius 2 is 2.26 bits per heavy atom. The van der Waals surface area contributed by atoms with Crippen LogP contribution in [0.5, 0.6) is 5.88 Å². The highest BCUT2D eigenvalue weighted by atomic mass is 16.7. The number of nitrogens with one attached hydrogen (secondary N) is 2. The number of rotatable bonds is 4. The molecule has 0 amide bonds. The fraction of sp³-hybridized carbons (Fsp3) is 0.100. The van der Waals surface area contributed by atoms with Gasteiger partial charge in [-0.15, -0.1) is 0 Å². The molecule has 0 radical (unpaired) electrons. The van der Waals surface area contributed by atoms with E-state index in [1.165, 1.54) is 19.5 Å². The molecule has 98 valence electrons. The predicted molar refractivity (Wildman–Crippen MR) is 65.3 cm³/mol. The van der Waals surface area contributed by atoms with E-state index in [9.17, 15) is 14.9 Å². The van der Waals surface area contributed by atoms with Gasteiger partial charge in [0.15, 0.2) is 5.03 Å². The summed E-state index contributed by atoms with van der Waals surface area (Å²) >= 11 is 0. The van der Waals surface area contributed by atoms with Gasteiger partial charge in [0.25, 0.3) is 11.5 Å². The lowest BCUT2D eigenvalue weighted by Gasteiger charge is -2.03. The number of hydrazine groups is 1. The first-order valence-electron chi connectivity index (χ1n) is 5.11. The molecule has 0 saturated heterocycles. The predicted octanol–water partition coefficient (Wildman–Crippen LogP) is 0.444. The standard InChI is InChI=1S/C10H9N5O4/c1-19-8-4-6(2-3-11-8)7-5-12-10(13-9(7)16)14-15(17)18/h2-5H,1H3,(H2,12,13,14,16). The molecule has 0 aliphatic rings. The van der Waals surface area contributed by atoms with Crippen molar-refractivity contribution in [3.05, 3.63) is 45.0 Å². The first-order valence-corrected chi connectivity index (χ1v) is 5.11. The van der Waals surface area contributed by atoms with Crippen LogP contribution in [0.25, 0.3) is 11.1 Å². The first-order chi connectivity index (χ1) is 9.10. The number of aromatic amines is 1. The molecular weight excluding hydrogens is 254 g/mol. The monoisotopic (exact) mass is 263 g/mol. The van der Waals surface area contributed by atoms with Crippen molar-refractivity contribution in [1.29, 1.82) is 0 Å². The van der Waals surface area contributed by atoms with Gasteiger partial charge in [-0.1, -0.05) is 5.43 Å². The molecule has 2 N–H and O–H groups in total. The van der Waals surface area contributed by atoms with Crippen LogP contribution in [0.1, 0.15) is 0 Å². The Labute approximate surface area is 106 Å². The maximum absolute atomic E-state index is 11.8. The van der Waals surface area contributed by atoms with E-state index in [1.54, 1.807) is 17.6 Å². The molecule has 0 aromatic carbocycles. The van der Waals surface area contributed by atoms with E-state index in [-0.39, 0.29) is 11.5 Å². The van der Waals surface area contributed by atoms with Crippen molar-refractivity contribution in [2.24, 2.45) is 0 Å². The third kappa shape index (κ3) is 2.83. The molecule has 0 aliphatic carbocycles. The summed E-state index contributed by atoms with van der Waals surface area (Å²) in [5, 5.41) is 9.41. The number of nitro groups is 1. The second-order valence-electron chi connectivity index (χ2n) is 3.43. The lowest BCUT2D eigenvalue weighted by molar-refractivity contribution is -0.446. The Morgan fingerprint density at radius 3 is 2.89 bits per heavy atom. The molecule has 19 heavy (non-hydrogen) atoms. The van der Waals surface area contributed by atoms with Gasteiger partial charge < -0.3 is 4.74 Å². The molecule has 0 spiro atoms. The maximum Gasteiger partial charge on any atom is 0.265 e. The zero-order valence-electron chi connectivity index (χ0n) is 9.78. The highest BCUT2D eigenvalue weighted by molar-refractivity contribution is 5.62. The Balaban J connectivity index is 2.40. The Bertz CT molecular complexity index is 669. The molecule has 0 fully saturated rings. The lowest BCUT2D eigenvalue weighted by Crippen LogP contribution is -2.17. The summed E-state index contributed by atoms with van der Waals surface area (Å²) in [6, 6.07) is 3.17. The zero-order chi connectivity index (χ0) is 13.8. The van der Waals surface area contributed by atoms with Gasteiger partial charge in [0.2, 0.25) is 5.88 Å². The highest BCUT2D eigenvalue weighted by Gasteiger charge is 2.08. The minimum absolute atomic E-state index is 0.236. The molecule has 9 nitrogen and oxygen atoms in total. The SMILES string of the molecule is COc1cc(-c2cnc(N[N+](=O)[O-])[nH]c2=O)ccn1. The molecule has 0 unspecified atom stereocenters. The van der Waals surface area contributed by atoms with Gasteiger partial charge in [-0.05, 0) is 11.6 Å². The van der Waals surface area contributed by atoms with Gasteiger partial charge >= 0.3 is 0 Å². The minimum atomic E-state index is -0.812. The van der Waals surface area contributed by atoms with Gasteiger partial charge in [0, 0.05) is 18.5 Å². The fourth-order valence-electron chi connectivity index (χ4n) is 1.43. The van der Waals surface area contributed by atoms with Crippen molar-refractivity contribution in [2.45, 2.75) is 0 Å². The van der Waals surface area contributed by atoms with Crippen molar-refractivity contribution in [1.82, 2.24) is 15.0 Å². The van der Waals surface area contributed by atoms with Crippen LogP contribution in [0.3, 0.4) is 0 Å². The Hall–Kier alpha value is -2.97. The number of methoxy groups -OCH3 is 1. The van der Waals surface area contributed by atoms with Crippen molar-refractivity contribution in [2.75, 3.05) is 12.5 Å². The van der Waals surface area contributed by atoms with Crippen LogP contribution in [0.15, 0.2) is 29.3 Å². The van der Waals surface area contributed by atoms with Crippen LogP contribution >= 0.6 is 0 Å². The summed E-state index contributed by atoms with van der Waals surface area (Å²) in [7, 11) is 1.46. The number of nitrogens with zero attached hydrogens (tertiary/aromatic N) is 3. The van der Waals surface area contributed by atoms with Gasteiger partial charge in [-0.3, -0.25) is 9.78 Å². The van der Waals surface area contributed by atoms with Crippen LogP contribution in [0.4, 0.5) is 5.95 Å². The highest BCUT2D eigenvalue weighted by Crippen LogP contribution is 2.18. The summed E-state index contributed by atoms with van der Waals surface area (Å²) in [5.74, 6) is 0.115. The number of pyridine rings is 1. The second-order valence-corrected chi connectivity index (χ2v) is 3.43. The number of anilines is 1. The quantitative estimate of drug-likeness (QED) is 0.606. The van der Waals surface area contributed by atoms with Gasteiger partial charge in [-0.2, -0.15) is 0 Å². The van der Waals surface area contributed by atoms with Crippen LogP contribution in [0, 0.1) is 10.1 Å². The molecule has 2 aromatic heterocycles. The average Bonchev–Trinajstić information content (AvgIpc) is 2.38. The molecule has 0 aliphatic heterocycles. The van der Waals surface area contributed by atoms with Crippen molar-refractivity contribution < 1.29 is 9.77 Å². The normalized spacial score (nSPS) is 9.95. The van der Waals surface area contributed by atoms with Crippen molar-refractivity contribution >= 4 is 5.95 Å². The van der Waals surface area contributed by atoms with Gasteiger partial charge in [-0.25, -0.2) is 20.1 Å². The van der Waals surface area contributed by atoms with E-state index in [1.807, 2.05) is 0 Å². The second kappa shape index (κ2) is 5.12. The molecule has 0 atom stereocenters. The molecular formula is C10H9N5O4. The third-order valence-corrected chi connectivity index (χ3v) is 2.25. The Kier molecular flexibility index (Phi) is 3.37. The molecule has 2 aromatic rings. The van der Waals surface area contributed by atoms with E-state index in [2.05, 4.69) is 15.0 Å². The molecule has 0 bridgehead atoms. The van der Waals surface area contributed by atoms with Crippen LogP contribution in [-0.4, -0.2) is 27.1 Å². The van der Waals surface area contributed by atoms with Crippen LogP contribution < -0.4 is 15.7 Å². The zero-order valence-corrected chi connectivity index (χ0v) is 9.78. The minimum Gasteiger partial charge on any atom is -0.481 e. The smallest absolute Gasteiger partial charge is 0.265 e. The summed E-state index contributed by atoms with van der Waals surface area (Å²) < 4.78 is 4.95. The van der Waals surface area contributed by atoms with E-state index in [4.69, 9.17) is 4.74 Å². The van der Waals surface area contributed by atoms with E-state index >= 15 is 0 Å². The Morgan fingerprint density at radius 1 is 1.47 bits per heavy atom. The molecule has 0 saturated carbocycles. The number of ether oxygens (including phenoxy) is 1. The summed E-state index contributed by atoms with van der Waals surface area (Å²) in [4.78, 5) is 31.9. The van der Waals surface area contributed by atoms with E-state index in [0.29, 0.717) is 11.4 Å². The van der Waals surface area contributed by atoms with Gasteiger partial charge in [0.05, 0.1) is 12.7 Å². The summed E-state index contributed by atoms with van der Waals surface area (Å²) in [6.07, 6.45) is 2.72. The van der Waals surface area contributed by atoms with E-state index < -0.39 is 10.6 Å². The number of H-pyrrole nitrogens is 1. The molecule has 9 heteroatoms. The van der Waals surface area contributed by atoms with Crippen molar-refractivity contribution in [3.8, 4) is 17.0 Å². The van der Waals surface area contributed by atoms with Crippen LogP contribution in [-0.2, 0) is 0 Å². The third-order valence-electron chi connectivity index (χ3n) is 2.25. The van der Waals surface area contributed by atoms with E-state index in [0.717, 1.165) is 0 Å². The molecule has 2 rings (SSSR count). The number of hydrogen-bond donors (Lipinski definition) is 2. The largest absolute Gasteiger partial charge is 0.481 e. The summed E-state index contributed by atoms with van der Waals surface area (Å²) in [5.41, 5.74) is 2.07. The summed E-state index contributed by atoms with van der Waals surface area (Å²) in [6.45, 7) is 0.